The smallest absolute Gasteiger partial charge is 0.257 e. The summed E-state index contributed by atoms with van der Waals surface area (Å²) in [5, 5.41) is 12.8. The first-order chi connectivity index (χ1) is 8.93. The largest absolute Gasteiger partial charge is 0.388 e. The van der Waals surface area contributed by atoms with Crippen molar-refractivity contribution in [2.24, 2.45) is 0 Å². The molecule has 0 radical (unpaired) electrons. The number of carbonyl (C=O) groups excluding carboxylic acids is 1. The van der Waals surface area contributed by atoms with Crippen LogP contribution in [0.2, 0.25) is 0 Å². The van der Waals surface area contributed by atoms with Crippen LogP contribution in [-0.4, -0.2) is 46.1 Å². The second-order valence-electron chi connectivity index (χ2n) is 5.05. The quantitative estimate of drug-likeness (QED) is 0.865. The minimum absolute atomic E-state index is 0.208. The highest BCUT2D eigenvalue weighted by atomic mass is 19.1. The Labute approximate surface area is 111 Å². The average Bonchev–Trinajstić information content (AvgIpc) is 2.71. The van der Waals surface area contributed by atoms with Gasteiger partial charge in [-0.05, 0) is 26.3 Å². The second kappa shape index (κ2) is 5.13. The number of likely N-dealkylation sites (tertiary alicyclic amines) is 1. The van der Waals surface area contributed by atoms with Crippen molar-refractivity contribution in [1.82, 2.24) is 9.88 Å². The van der Waals surface area contributed by atoms with Crippen molar-refractivity contribution in [2.45, 2.75) is 25.9 Å². The van der Waals surface area contributed by atoms with Crippen LogP contribution in [0.25, 0.3) is 0 Å². The van der Waals surface area contributed by atoms with Gasteiger partial charge in [-0.3, -0.25) is 4.79 Å². The summed E-state index contributed by atoms with van der Waals surface area (Å²) >= 11 is 0. The van der Waals surface area contributed by atoms with Crippen molar-refractivity contribution in [3.63, 3.8) is 0 Å². The molecule has 1 fully saturated rings. The normalized spacial score (nSPS) is 22.6. The summed E-state index contributed by atoms with van der Waals surface area (Å²) < 4.78 is 13.3. The molecule has 104 valence electrons. The summed E-state index contributed by atoms with van der Waals surface area (Å²) in [6, 6.07) is 1.18. The topological polar surface area (TPSA) is 65.5 Å². The van der Waals surface area contributed by atoms with Gasteiger partial charge in [0.15, 0.2) is 0 Å². The van der Waals surface area contributed by atoms with Gasteiger partial charge in [0.1, 0.15) is 11.6 Å². The number of pyridine rings is 1. The van der Waals surface area contributed by atoms with Crippen LogP contribution >= 0.6 is 0 Å². The number of aromatic nitrogens is 1. The van der Waals surface area contributed by atoms with Gasteiger partial charge in [-0.2, -0.15) is 0 Å². The van der Waals surface area contributed by atoms with E-state index in [9.17, 15) is 14.3 Å². The molecule has 1 aliphatic rings. The van der Waals surface area contributed by atoms with Gasteiger partial charge in [0.25, 0.3) is 5.91 Å². The number of hydrogen-bond donors (Lipinski definition) is 2. The highest BCUT2D eigenvalue weighted by Gasteiger charge is 2.35. The number of rotatable bonds is 3. The Bertz CT molecular complexity index is 491. The van der Waals surface area contributed by atoms with E-state index in [0.29, 0.717) is 25.3 Å². The molecule has 19 heavy (non-hydrogen) atoms. The van der Waals surface area contributed by atoms with E-state index in [1.54, 1.807) is 6.92 Å². The van der Waals surface area contributed by atoms with Gasteiger partial charge >= 0.3 is 0 Å². The van der Waals surface area contributed by atoms with E-state index >= 15 is 0 Å². The second-order valence-corrected chi connectivity index (χ2v) is 5.05. The zero-order valence-corrected chi connectivity index (χ0v) is 11.1. The van der Waals surface area contributed by atoms with Crippen LogP contribution in [0.5, 0.6) is 0 Å². The summed E-state index contributed by atoms with van der Waals surface area (Å²) in [5.74, 6) is -0.475. The minimum atomic E-state index is -0.866. The van der Waals surface area contributed by atoms with Crippen molar-refractivity contribution >= 4 is 11.7 Å². The third-order valence-corrected chi connectivity index (χ3v) is 3.17. The maximum Gasteiger partial charge on any atom is 0.257 e. The van der Waals surface area contributed by atoms with Crippen LogP contribution in [0.4, 0.5) is 10.2 Å². The lowest BCUT2D eigenvalue weighted by atomic mass is 10.1. The molecule has 0 saturated carbocycles. The van der Waals surface area contributed by atoms with E-state index in [1.165, 1.54) is 11.0 Å². The monoisotopic (exact) mass is 267 g/mol. The Kier molecular flexibility index (Phi) is 3.71. The van der Waals surface area contributed by atoms with Gasteiger partial charge in [0.2, 0.25) is 0 Å². The molecular weight excluding hydrogens is 249 g/mol. The standard InChI is InChI=1S/C13H18FN3O2/c1-3-15-11-10(6-9(14)7-16-11)12(18)17-5-4-13(2,19)8-17/h6-7,19H,3-5,8H2,1-2H3,(H,15,16). The number of amides is 1. The van der Waals surface area contributed by atoms with Crippen molar-refractivity contribution in [1.29, 1.82) is 0 Å². The predicted molar refractivity (Wildman–Crippen MR) is 69.5 cm³/mol. The van der Waals surface area contributed by atoms with Crippen LogP contribution in [0, 0.1) is 5.82 Å². The molecule has 0 bridgehead atoms. The van der Waals surface area contributed by atoms with E-state index in [1.807, 2.05) is 6.92 Å². The molecule has 0 spiro atoms. The number of aliphatic hydroxyl groups is 1. The van der Waals surface area contributed by atoms with Gasteiger partial charge < -0.3 is 15.3 Å². The molecule has 0 aromatic carbocycles. The molecule has 0 aliphatic carbocycles. The van der Waals surface area contributed by atoms with E-state index < -0.39 is 11.4 Å². The molecule has 1 aromatic heterocycles. The fraction of sp³-hybridized carbons (Fsp3) is 0.538. The number of β-amino-alcohol motifs (C(OH)–C–C–N with tert-alkyl or cyclic N) is 1. The number of hydrogen-bond acceptors (Lipinski definition) is 4. The average molecular weight is 267 g/mol. The van der Waals surface area contributed by atoms with Crippen LogP contribution in [0.15, 0.2) is 12.3 Å². The van der Waals surface area contributed by atoms with Gasteiger partial charge in [0, 0.05) is 19.6 Å². The highest BCUT2D eigenvalue weighted by molar-refractivity contribution is 5.99. The van der Waals surface area contributed by atoms with Crippen LogP contribution in [0.1, 0.15) is 30.6 Å². The molecule has 1 aliphatic heterocycles. The van der Waals surface area contributed by atoms with Crippen molar-refractivity contribution < 1.29 is 14.3 Å². The molecule has 5 nitrogen and oxygen atoms in total. The fourth-order valence-electron chi connectivity index (χ4n) is 2.20. The lowest BCUT2D eigenvalue weighted by molar-refractivity contribution is 0.0572. The number of anilines is 1. The summed E-state index contributed by atoms with van der Waals surface area (Å²) in [6.07, 6.45) is 1.60. The highest BCUT2D eigenvalue weighted by Crippen LogP contribution is 2.24. The Hall–Kier alpha value is -1.69. The Balaban J connectivity index is 2.25. The van der Waals surface area contributed by atoms with E-state index in [4.69, 9.17) is 0 Å². The SMILES string of the molecule is CCNc1ncc(F)cc1C(=O)N1CCC(C)(O)C1. The Morgan fingerprint density at radius 1 is 1.68 bits per heavy atom. The van der Waals surface area contributed by atoms with E-state index in [2.05, 4.69) is 10.3 Å². The lowest BCUT2D eigenvalue weighted by Gasteiger charge is -2.20. The first kappa shape index (κ1) is 13.7. The number of nitrogens with zero attached hydrogens (tertiary/aromatic N) is 2. The molecule has 1 unspecified atom stereocenters. The summed E-state index contributed by atoms with van der Waals surface area (Å²) in [7, 11) is 0. The molecule has 2 N–H and O–H groups in total. The fourth-order valence-corrected chi connectivity index (χ4v) is 2.20. The Morgan fingerprint density at radius 3 is 3.00 bits per heavy atom. The third-order valence-electron chi connectivity index (χ3n) is 3.17. The molecule has 2 rings (SSSR count). The zero-order chi connectivity index (χ0) is 14.0. The maximum atomic E-state index is 13.3. The molecule has 1 saturated heterocycles. The summed E-state index contributed by atoms with van der Waals surface area (Å²) in [4.78, 5) is 17.8. The Morgan fingerprint density at radius 2 is 2.42 bits per heavy atom. The molecule has 6 heteroatoms. The zero-order valence-electron chi connectivity index (χ0n) is 11.1. The van der Waals surface area contributed by atoms with Crippen molar-refractivity contribution in [3.05, 3.63) is 23.6 Å². The number of nitrogens with one attached hydrogen (secondary N) is 1. The van der Waals surface area contributed by atoms with Gasteiger partial charge in [-0.15, -0.1) is 0 Å². The molecule has 1 aromatic rings. The minimum Gasteiger partial charge on any atom is -0.388 e. The predicted octanol–water partition coefficient (Wildman–Crippen LogP) is 1.25. The molecule has 1 atom stereocenters. The van der Waals surface area contributed by atoms with Crippen LogP contribution in [-0.2, 0) is 0 Å². The lowest BCUT2D eigenvalue weighted by Crippen LogP contribution is -2.34. The summed E-state index contributed by atoms with van der Waals surface area (Å²) in [5.41, 5.74) is -0.658. The molecular formula is C13H18FN3O2. The van der Waals surface area contributed by atoms with Gasteiger partial charge in [0.05, 0.1) is 17.4 Å². The third kappa shape index (κ3) is 3.01. The van der Waals surface area contributed by atoms with Gasteiger partial charge in [-0.25, -0.2) is 9.37 Å². The molecule has 2 heterocycles. The number of halogens is 1. The first-order valence-electron chi connectivity index (χ1n) is 6.34. The maximum absolute atomic E-state index is 13.3. The van der Waals surface area contributed by atoms with E-state index in [-0.39, 0.29) is 18.0 Å². The van der Waals surface area contributed by atoms with Crippen molar-refractivity contribution in [2.75, 3.05) is 25.0 Å². The first-order valence-corrected chi connectivity index (χ1v) is 6.34. The molecule has 1 amide bonds. The number of carbonyl (C=O) groups is 1. The van der Waals surface area contributed by atoms with E-state index in [0.717, 1.165) is 6.20 Å². The van der Waals surface area contributed by atoms with Crippen LogP contribution in [0.3, 0.4) is 0 Å². The van der Waals surface area contributed by atoms with Crippen LogP contribution < -0.4 is 5.32 Å². The van der Waals surface area contributed by atoms with Crippen molar-refractivity contribution in [3.8, 4) is 0 Å². The van der Waals surface area contributed by atoms with Gasteiger partial charge in [-0.1, -0.05) is 0 Å². The summed E-state index contributed by atoms with van der Waals surface area (Å²) in [6.45, 7) is 4.88.